The molecule has 2 aromatic heterocycles. The van der Waals surface area contributed by atoms with E-state index in [0.717, 1.165) is 17.3 Å². The Morgan fingerprint density at radius 2 is 2.19 bits per heavy atom. The predicted molar refractivity (Wildman–Crippen MR) is 79.4 cm³/mol. The molecule has 0 fully saturated rings. The molecule has 0 aliphatic rings. The van der Waals surface area contributed by atoms with Crippen molar-refractivity contribution in [1.29, 1.82) is 0 Å². The monoisotopic (exact) mass is 282 g/mol. The Morgan fingerprint density at radius 3 is 2.95 bits per heavy atom. The van der Waals surface area contributed by atoms with Crippen LogP contribution in [0.1, 0.15) is 10.5 Å². The molecule has 1 aromatic carbocycles. The lowest BCUT2D eigenvalue weighted by atomic mass is 10.1. The number of nitrogens with zero attached hydrogens (tertiary/aromatic N) is 3. The Bertz CT molecular complexity index is 768. The fraction of sp³-hybridized carbons (Fsp3) is 0.133. The summed E-state index contributed by atoms with van der Waals surface area (Å²) in [5.41, 5.74) is 0.0406. The molecule has 3 rings (SSSR count). The third kappa shape index (κ3) is 2.84. The third-order valence-corrected chi connectivity index (χ3v) is 3.18. The van der Waals surface area contributed by atoms with Crippen LogP contribution in [0.4, 0.5) is 5.82 Å². The van der Waals surface area contributed by atoms with E-state index in [1.165, 1.54) is 0 Å². The summed E-state index contributed by atoms with van der Waals surface area (Å²) in [6, 6.07) is 9.17. The highest BCUT2D eigenvalue weighted by Gasteiger charge is 2.10. The van der Waals surface area contributed by atoms with Crippen molar-refractivity contribution >= 4 is 22.6 Å². The van der Waals surface area contributed by atoms with E-state index in [1.54, 1.807) is 18.6 Å². The third-order valence-electron chi connectivity index (χ3n) is 3.18. The number of aromatic nitrogens is 3. The van der Waals surface area contributed by atoms with Crippen LogP contribution in [-0.4, -0.2) is 32.2 Å². The number of hydrogen-bond donors (Lipinski definition) is 2. The summed E-state index contributed by atoms with van der Waals surface area (Å²) in [7, 11) is 0. The van der Waals surface area contributed by atoms with Gasteiger partial charge in [-0.3, -0.25) is 0 Å². The van der Waals surface area contributed by atoms with Crippen LogP contribution in [0.15, 0.2) is 49.1 Å². The number of carboxylic acid groups (broad SMARTS) is 1. The quantitative estimate of drug-likeness (QED) is 0.750. The first-order valence-corrected chi connectivity index (χ1v) is 6.57. The van der Waals surface area contributed by atoms with Crippen LogP contribution in [0.3, 0.4) is 0 Å². The second kappa shape index (κ2) is 5.62. The number of rotatable bonds is 5. The number of imidazole rings is 1. The van der Waals surface area contributed by atoms with Crippen LogP contribution in [0.2, 0.25) is 0 Å². The van der Waals surface area contributed by atoms with Crippen LogP contribution >= 0.6 is 0 Å². The molecule has 2 heterocycles. The zero-order valence-corrected chi connectivity index (χ0v) is 11.2. The first-order valence-electron chi connectivity index (χ1n) is 6.57. The fourth-order valence-corrected chi connectivity index (χ4v) is 2.17. The zero-order chi connectivity index (χ0) is 14.7. The summed E-state index contributed by atoms with van der Waals surface area (Å²) in [6.07, 6.45) is 5.33. The number of aromatic carboxylic acids is 1. The van der Waals surface area contributed by atoms with Crippen molar-refractivity contribution in [2.75, 3.05) is 11.9 Å². The topological polar surface area (TPSA) is 80.0 Å². The number of carbonyl (C=O) groups is 1. The molecule has 21 heavy (non-hydrogen) atoms. The molecule has 0 saturated heterocycles. The maximum absolute atomic E-state index is 11.2. The van der Waals surface area contributed by atoms with E-state index in [-0.39, 0.29) is 5.69 Å². The minimum absolute atomic E-state index is 0.0406. The number of benzene rings is 1. The van der Waals surface area contributed by atoms with Crippen molar-refractivity contribution in [2.24, 2.45) is 0 Å². The highest BCUT2D eigenvalue weighted by molar-refractivity contribution is 5.97. The molecule has 0 radical (unpaired) electrons. The highest BCUT2D eigenvalue weighted by Crippen LogP contribution is 2.22. The van der Waals surface area contributed by atoms with Crippen molar-refractivity contribution in [3.63, 3.8) is 0 Å². The van der Waals surface area contributed by atoms with Gasteiger partial charge in [0.05, 0.1) is 6.33 Å². The lowest BCUT2D eigenvalue weighted by Crippen LogP contribution is -2.12. The average Bonchev–Trinajstić information content (AvgIpc) is 3.00. The molecule has 3 aromatic rings. The molecule has 2 N–H and O–H groups in total. The van der Waals surface area contributed by atoms with Gasteiger partial charge in [0.1, 0.15) is 5.82 Å². The summed E-state index contributed by atoms with van der Waals surface area (Å²) >= 11 is 0. The van der Waals surface area contributed by atoms with Gasteiger partial charge in [0.2, 0.25) is 0 Å². The predicted octanol–water partition coefficient (Wildman–Crippen LogP) is 2.24. The van der Waals surface area contributed by atoms with Crippen LogP contribution in [-0.2, 0) is 6.54 Å². The summed E-state index contributed by atoms with van der Waals surface area (Å²) in [6.45, 7) is 1.36. The van der Waals surface area contributed by atoms with E-state index in [4.69, 9.17) is 5.11 Å². The number of fused-ring (bicyclic) bond motifs is 1. The lowest BCUT2D eigenvalue weighted by molar-refractivity contribution is 0.0691. The Kier molecular flexibility index (Phi) is 3.51. The first kappa shape index (κ1) is 13.1. The smallest absolute Gasteiger partial charge is 0.354 e. The molecule has 0 aliphatic heterocycles. The normalized spacial score (nSPS) is 10.7. The van der Waals surface area contributed by atoms with Crippen molar-refractivity contribution in [1.82, 2.24) is 14.5 Å². The maximum atomic E-state index is 11.2. The summed E-state index contributed by atoms with van der Waals surface area (Å²) in [5.74, 6) is -0.441. The Labute approximate surface area is 121 Å². The number of hydrogen-bond acceptors (Lipinski definition) is 4. The Morgan fingerprint density at radius 1 is 1.33 bits per heavy atom. The van der Waals surface area contributed by atoms with E-state index in [9.17, 15) is 4.79 Å². The van der Waals surface area contributed by atoms with Gasteiger partial charge in [0.25, 0.3) is 0 Å². The fourth-order valence-electron chi connectivity index (χ4n) is 2.17. The van der Waals surface area contributed by atoms with Crippen LogP contribution in [0.5, 0.6) is 0 Å². The van der Waals surface area contributed by atoms with Gasteiger partial charge < -0.3 is 15.0 Å². The number of anilines is 1. The number of carboxylic acids is 1. The van der Waals surface area contributed by atoms with Crippen LogP contribution < -0.4 is 5.32 Å². The molecule has 6 nitrogen and oxygen atoms in total. The van der Waals surface area contributed by atoms with E-state index >= 15 is 0 Å². The van der Waals surface area contributed by atoms with Gasteiger partial charge in [0.15, 0.2) is 5.69 Å². The average molecular weight is 282 g/mol. The van der Waals surface area contributed by atoms with E-state index in [1.807, 2.05) is 35.0 Å². The Hall–Kier alpha value is -2.89. The molecule has 0 unspecified atom stereocenters. The standard InChI is InChI=1S/C15H14N4O2/c20-15(21)13-9-11-3-1-2-4-12(11)14(18-13)17-6-8-19-7-5-16-10-19/h1-5,7,9-10H,6,8H2,(H,17,18)(H,20,21). The van der Waals surface area contributed by atoms with E-state index in [0.29, 0.717) is 12.4 Å². The molecule has 0 atom stereocenters. The van der Waals surface area contributed by atoms with Gasteiger partial charge in [-0.1, -0.05) is 24.3 Å². The summed E-state index contributed by atoms with van der Waals surface area (Å²) in [5, 5.41) is 14.1. The van der Waals surface area contributed by atoms with Gasteiger partial charge >= 0.3 is 5.97 Å². The van der Waals surface area contributed by atoms with Crippen molar-refractivity contribution < 1.29 is 9.90 Å². The van der Waals surface area contributed by atoms with Crippen molar-refractivity contribution in [3.8, 4) is 0 Å². The SMILES string of the molecule is O=C(O)c1cc2ccccc2c(NCCn2ccnc2)n1. The second-order valence-corrected chi connectivity index (χ2v) is 4.61. The number of nitrogens with one attached hydrogen (secondary N) is 1. The molecule has 6 heteroatoms. The lowest BCUT2D eigenvalue weighted by Gasteiger charge is -2.10. The second-order valence-electron chi connectivity index (χ2n) is 4.61. The molecular weight excluding hydrogens is 268 g/mol. The van der Waals surface area contributed by atoms with Gasteiger partial charge in [-0.25, -0.2) is 14.8 Å². The minimum atomic E-state index is -1.03. The van der Waals surface area contributed by atoms with Gasteiger partial charge in [-0.2, -0.15) is 0 Å². The molecule has 0 amide bonds. The van der Waals surface area contributed by atoms with Crippen molar-refractivity contribution in [2.45, 2.75) is 6.54 Å². The van der Waals surface area contributed by atoms with Crippen LogP contribution in [0.25, 0.3) is 10.8 Å². The summed E-state index contributed by atoms with van der Waals surface area (Å²) in [4.78, 5) is 19.3. The van der Waals surface area contributed by atoms with Crippen LogP contribution in [0, 0.1) is 0 Å². The van der Waals surface area contributed by atoms with Gasteiger partial charge in [-0.05, 0) is 11.5 Å². The zero-order valence-electron chi connectivity index (χ0n) is 11.2. The van der Waals surface area contributed by atoms with Gasteiger partial charge in [-0.15, -0.1) is 0 Å². The largest absolute Gasteiger partial charge is 0.477 e. The van der Waals surface area contributed by atoms with E-state index in [2.05, 4.69) is 15.3 Å². The molecule has 0 spiro atoms. The molecule has 0 aliphatic carbocycles. The van der Waals surface area contributed by atoms with Crippen molar-refractivity contribution in [3.05, 3.63) is 54.7 Å². The molecule has 0 saturated carbocycles. The maximum Gasteiger partial charge on any atom is 0.354 e. The van der Waals surface area contributed by atoms with E-state index < -0.39 is 5.97 Å². The number of pyridine rings is 1. The van der Waals surface area contributed by atoms with Gasteiger partial charge in [0, 0.05) is 30.9 Å². The highest BCUT2D eigenvalue weighted by atomic mass is 16.4. The molecular formula is C15H14N4O2. The first-order chi connectivity index (χ1) is 10.2. The Balaban J connectivity index is 1.87. The minimum Gasteiger partial charge on any atom is -0.477 e. The molecule has 106 valence electrons. The summed E-state index contributed by atoms with van der Waals surface area (Å²) < 4.78 is 1.94. The molecule has 0 bridgehead atoms.